The highest BCUT2D eigenvalue weighted by atomic mass is 35.5. The van der Waals surface area contributed by atoms with Gasteiger partial charge < -0.3 is 10.6 Å². The van der Waals surface area contributed by atoms with Crippen molar-refractivity contribution in [2.45, 2.75) is 0 Å². The van der Waals surface area contributed by atoms with E-state index in [0.717, 1.165) is 5.57 Å². The zero-order chi connectivity index (χ0) is 8.72. The second-order valence-corrected chi connectivity index (χ2v) is 2.79. The first-order valence-corrected chi connectivity index (χ1v) is 3.81. The van der Waals surface area contributed by atoms with Gasteiger partial charge in [-0.1, -0.05) is 0 Å². The summed E-state index contributed by atoms with van der Waals surface area (Å²) in [5.74, 6) is 0.301. The first-order chi connectivity index (χ1) is 5.72. The van der Waals surface area contributed by atoms with Crippen LogP contribution in [0, 0.1) is 5.41 Å². The molecule has 3 aliphatic heterocycles. The molecule has 0 aliphatic carbocycles. The number of hydrogen-bond donors (Lipinski definition) is 2. The highest BCUT2D eigenvalue weighted by Gasteiger charge is 2.34. The summed E-state index contributed by atoms with van der Waals surface area (Å²) < 4.78 is 0. The van der Waals surface area contributed by atoms with Gasteiger partial charge in [-0.2, -0.15) is 5.06 Å². The smallest absolute Gasteiger partial charge is 0.316 e. The average Bonchev–Trinajstić information content (AvgIpc) is 2.30. The van der Waals surface area contributed by atoms with Crippen LogP contribution in [0.1, 0.15) is 0 Å². The predicted molar refractivity (Wildman–Crippen MR) is 44.9 cm³/mol. The maximum absolute atomic E-state index is 7.46. The number of rotatable bonds is 1. The lowest BCUT2D eigenvalue weighted by Crippen LogP contribution is -2.45. The Morgan fingerprint density at radius 2 is 2.50 bits per heavy atom. The highest BCUT2D eigenvalue weighted by Crippen LogP contribution is 2.25. The molecule has 0 aromatic carbocycles. The molecule has 0 aromatic rings. The molecule has 5 nitrogen and oxygen atoms in total. The zero-order valence-electron chi connectivity index (χ0n) is 6.17. The molecule has 0 spiro atoms. The first-order valence-electron chi connectivity index (χ1n) is 3.43. The number of nitrogens with two attached hydrogens (primary N) is 1. The van der Waals surface area contributed by atoms with E-state index in [1.54, 1.807) is 0 Å². The minimum absolute atomic E-state index is 0.0210. The lowest BCUT2D eigenvalue weighted by Gasteiger charge is -2.32. The number of hydroxylamine groups is 2. The van der Waals surface area contributed by atoms with E-state index in [1.807, 2.05) is 0 Å². The molecule has 1 fully saturated rings. The number of aliphatic imine (C=N–C) groups is 1. The van der Waals surface area contributed by atoms with Gasteiger partial charge in [0, 0.05) is 12.1 Å². The van der Waals surface area contributed by atoms with Crippen LogP contribution in [0.2, 0.25) is 0 Å². The molecule has 6 heteroatoms. The van der Waals surface area contributed by atoms with Gasteiger partial charge in [-0.3, -0.25) is 5.41 Å². The third-order valence-electron chi connectivity index (χ3n) is 1.79. The summed E-state index contributed by atoms with van der Waals surface area (Å²) in [6, 6.07) is 0. The maximum Gasteiger partial charge on any atom is 0.316 e. The minimum atomic E-state index is 0.0210. The summed E-state index contributed by atoms with van der Waals surface area (Å²) in [5, 5.41) is 8.85. The Bertz CT molecular complexity index is 309. The molecule has 0 saturated carbocycles. The number of fused-ring (bicyclic) bond motifs is 2. The Labute approximate surface area is 73.9 Å². The molecular formula is C6H7ClN4O. The molecule has 3 rings (SSSR count). The molecule has 12 heavy (non-hydrogen) atoms. The SMILES string of the molecule is N=C1C2=C(CN)N=C(Cl)ON1C2. The maximum atomic E-state index is 7.46. The van der Waals surface area contributed by atoms with E-state index < -0.39 is 0 Å². The standard InChI is InChI=1S/C6H7ClN4O/c7-6-10-4(1-8)3-2-11(12-6)5(3)9/h9H,1-2,8H2. The van der Waals surface area contributed by atoms with Crippen molar-refractivity contribution < 1.29 is 4.84 Å². The van der Waals surface area contributed by atoms with Gasteiger partial charge in [-0.15, -0.1) is 0 Å². The van der Waals surface area contributed by atoms with Gasteiger partial charge in [0.1, 0.15) is 0 Å². The molecule has 3 aliphatic rings. The molecule has 3 N–H and O–H groups in total. The van der Waals surface area contributed by atoms with Gasteiger partial charge in [0.25, 0.3) is 0 Å². The molecular weight excluding hydrogens is 180 g/mol. The van der Waals surface area contributed by atoms with Crippen LogP contribution in [0.15, 0.2) is 16.3 Å². The Hall–Kier alpha value is -1.07. The van der Waals surface area contributed by atoms with Crippen LogP contribution in [-0.4, -0.2) is 29.3 Å². The molecule has 1 saturated heterocycles. The monoisotopic (exact) mass is 186 g/mol. The van der Waals surface area contributed by atoms with E-state index in [9.17, 15) is 0 Å². The summed E-state index contributed by atoms with van der Waals surface area (Å²) in [6.07, 6.45) is 0. The summed E-state index contributed by atoms with van der Waals surface area (Å²) in [7, 11) is 0. The van der Waals surface area contributed by atoms with Crippen LogP contribution in [0.4, 0.5) is 0 Å². The summed E-state index contributed by atoms with van der Waals surface area (Å²) in [6.45, 7) is 0.830. The van der Waals surface area contributed by atoms with Crippen LogP contribution in [0.5, 0.6) is 0 Å². The van der Waals surface area contributed by atoms with Crippen LogP contribution in [0.25, 0.3) is 0 Å². The number of nitrogens with zero attached hydrogens (tertiary/aromatic N) is 2. The molecule has 0 amide bonds. The fourth-order valence-corrected chi connectivity index (χ4v) is 1.30. The third kappa shape index (κ3) is 0.904. The van der Waals surface area contributed by atoms with Gasteiger partial charge in [-0.05, 0) is 11.6 Å². The quantitative estimate of drug-likeness (QED) is 0.607. The minimum Gasteiger partial charge on any atom is -0.344 e. The fourth-order valence-electron chi connectivity index (χ4n) is 1.12. The van der Waals surface area contributed by atoms with Crippen molar-refractivity contribution in [3.05, 3.63) is 11.3 Å². The highest BCUT2D eigenvalue weighted by molar-refractivity contribution is 6.63. The van der Waals surface area contributed by atoms with Crippen molar-refractivity contribution >= 4 is 22.8 Å². The molecule has 64 valence electrons. The lowest BCUT2D eigenvalue weighted by molar-refractivity contribution is 0.000413. The summed E-state index contributed by atoms with van der Waals surface area (Å²) in [4.78, 5) is 8.85. The molecule has 0 unspecified atom stereocenters. The second-order valence-electron chi connectivity index (χ2n) is 2.47. The molecule has 3 heterocycles. The first kappa shape index (κ1) is 7.57. The largest absolute Gasteiger partial charge is 0.344 e. The number of amidine groups is 1. The van der Waals surface area contributed by atoms with Gasteiger partial charge in [-0.25, -0.2) is 4.99 Å². The van der Waals surface area contributed by atoms with Gasteiger partial charge in [0.05, 0.1) is 12.2 Å². The van der Waals surface area contributed by atoms with E-state index in [1.165, 1.54) is 5.06 Å². The van der Waals surface area contributed by atoms with Crippen molar-refractivity contribution in [1.29, 1.82) is 5.41 Å². The normalized spacial score (nSPS) is 21.3. The topological polar surface area (TPSA) is 74.7 Å². The number of nitrogens with one attached hydrogen (secondary N) is 1. The zero-order valence-corrected chi connectivity index (χ0v) is 6.93. The number of hydrogen-bond acceptors (Lipinski definition) is 4. The van der Waals surface area contributed by atoms with E-state index in [0.29, 0.717) is 18.1 Å². The summed E-state index contributed by atoms with van der Waals surface area (Å²) in [5.41, 5.74) is 6.87. The van der Waals surface area contributed by atoms with E-state index in [4.69, 9.17) is 27.6 Å². The third-order valence-corrected chi connectivity index (χ3v) is 1.94. The molecule has 2 bridgehead atoms. The van der Waals surface area contributed by atoms with E-state index >= 15 is 0 Å². The van der Waals surface area contributed by atoms with Crippen LogP contribution in [-0.2, 0) is 4.84 Å². The van der Waals surface area contributed by atoms with Crippen LogP contribution >= 0.6 is 11.6 Å². The van der Waals surface area contributed by atoms with Crippen molar-refractivity contribution in [2.75, 3.05) is 13.1 Å². The molecule has 0 aromatic heterocycles. The number of halogens is 1. The van der Waals surface area contributed by atoms with Gasteiger partial charge >= 0.3 is 5.36 Å². The molecule has 0 atom stereocenters. The van der Waals surface area contributed by atoms with Crippen molar-refractivity contribution in [1.82, 2.24) is 5.06 Å². The Morgan fingerprint density at radius 3 is 3.08 bits per heavy atom. The Balaban J connectivity index is 2.40. The van der Waals surface area contributed by atoms with Crippen molar-refractivity contribution in [3.63, 3.8) is 0 Å². The Kier molecular flexibility index (Phi) is 1.55. The predicted octanol–water partition coefficient (Wildman–Crippen LogP) is 0.0321. The summed E-state index contributed by atoms with van der Waals surface area (Å²) >= 11 is 5.58. The van der Waals surface area contributed by atoms with E-state index in [2.05, 4.69) is 4.99 Å². The second kappa shape index (κ2) is 2.46. The average molecular weight is 187 g/mol. The van der Waals surface area contributed by atoms with Crippen LogP contribution < -0.4 is 5.73 Å². The lowest BCUT2D eigenvalue weighted by atomic mass is 10.1. The van der Waals surface area contributed by atoms with Crippen LogP contribution in [0.3, 0.4) is 0 Å². The molecule has 0 radical (unpaired) electrons. The van der Waals surface area contributed by atoms with E-state index in [-0.39, 0.29) is 11.9 Å². The fraction of sp³-hybridized carbons (Fsp3) is 0.333. The Morgan fingerprint density at radius 1 is 1.75 bits per heavy atom. The van der Waals surface area contributed by atoms with Crippen molar-refractivity contribution in [3.8, 4) is 0 Å². The van der Waals surface area contributed by atoms with Crippen molar-refractivity contribution in [2.24, 2.45) is 10.7 Å². The van der Waals surface area contributed by atoms with Gasteiger partial charge in [0.15, 0.2) is 5.84 Å². The van der Waals surface area contributed by atoms with Gasteiger partial charge in [0.2, 0.25) is 0 Å².